The Bertz CT molecular complexity index is 1120. The largest absolute Gasteiger partial charge is 0.448 e. The molecule has 3 aromatic rings. The first kappa shape index (κ1) is 19.4. The minimum absolute atomic E-state index is 0.0137. The van der Waals surface area contributed by atoms with E-state index in [0.717, 1.165) is 16.9 Å². The molecule has 10 heteroatoms. The predicted octanol–water partition coefficient (Wildman–Crippen LogP) is 1.81. The van der Waals surface area contributed by atoms with E-state index in [9.17, 15) is 10.1 Å². The molecule has 0 saturated heterocycles. The summed E-state index contributed by atoms with van der Waals surface area (Å²) < 4.78 is 9.46. The number of ether oxygens (including phenoxy) is 1. The smallest absolute Gasteiger partial charge is 0.361 e. The van der Waals surface area contributed by atoms with Crippen molar-refractivity contribution in [3.63, 3.8) is 0 Å². The van der Waals surface area contributed by atoms with Gasteiger partial charge in [-0.05, 0) is 26.0 Å². The lowest BCUT2D eigenvalue weighted by Gasteiger charge is -2.07. The van der Waals surface area contributed by atoms with Crippen LogP contribution in [0.5, 0.6) is 0 Å². The molecule has 0 aliphatic carbocycles. The van der Waals surface area contributed by atoms with Crippen molar-refractivity contribution < 1.29 is 14.1 Å². The molecule has 0 atom stereocenters. The van der Waals surface area contributed by atoms with Gasteiger partial charge in [-0.2, -0.15) is 5.26 Å². The fourth-order valence-corrected chi connectivity index (χ4v) is 3.24. The zero-order chi connectivity index (χ0) is 20.4. The number of fused-ring (bicyclic) bond motifs is 1. The van der Waals surface area contributed by atoms with Gasteiger partial charge in [0.15, 0.2) is 40.1 Å². The van der Waals surface area contributed by atoms with Gasteiger partial charge in [0, 0.05) is 6.07 Å². The molecule has 2 heterocycles. The Morgan fingerprint density at radius 1 is 1.32 bits per heavy atom. The number of halogens is 1. The van der Waals surface area contributed by atoms with Crippen molar-refractivity contribution in [2.45, 2.75) is 33.5 Å². The first-order chi connectivity index (χ1) is 13.4. The Labute approximate surface area is 166 Å². The van der Waals surface area contributed by atoms with Gasteiger partial charge in [-0.25, -0.2) is 23.9 Å². The van der Waals surface area contributed by atoms with E-state index in [1.165, 1.54) is 0 Å². The third-order valence-corrected chi connectivity index (χ3v) is 4.65. The molecule has 0 aliphatic rings. The number of nitrogens with two attached hydrogens (primary N) is 2. The van der Waals surface area contributed by atoms with Gasteiger partial charge in [0.2, 0.25) is 0 Å². The van der Waals surface area contributed by atoms with E-state index >= 15 is 0 Å². The Balaban J connectivity index is 1.97. The highest BCUT2D eigenvalue weighted by molar-refractivity contribution is 6.31. The SMILES string of the molecule is CCn1c(COC(=O)c2nc(Cl)c(N)nc2N)[n+](CC)c2ccc(C#N)cc21. The van der Waals surface area contributed by atoms with E-state index in [-0.39, 0.29) is 29.1 Å². The van der Waals surface area contributed by atoms with Crippen LogP contribution >= 0.6 is 11.6 Å². The average molecular weight is 401 g/mol. The first-order valence-electron chi connectivity index (χ1n) is 8.61. The summed E-state index contributed by atoms with van der Waals surface area (Å²) >= 11 is 5.83. The molecule has 0 spiro atoms. The van der Waals surface area contributed by atoms with Gasteiger partial charge < -0.3 is 16.2 Å². The molecule has 0 bridgehead atoms. The molecule has 9 nitrogen and oxygen atoms in total. The van der Waals surface area contributed by atoms with E-state index in [0.29, 0.717) is 18.7 Å². The van der Waals surface area contributed by atoms with Crippen molar-refractivity contribution in [1.82, 2.24) is 14.5 Å². The van der Waals surface area contributed by atoms with E-state index in [4.69, 9.17) is 27.8 Å². The second-order valence-corrected chi connectivity index (χ2v) is 6.29. The number of nitrogen functional groups attached to an aromatic ring is 2. The molecule has 0 aliphatic heterocycles. The summed E-state index contributed by atoms with van der Waals surface area (Å²) in [5, 5.41) is 9.07. The van der Waals surface area contributed by atoms with Crippen LogP contribution in [-0.2, 0) is 24.4 Å². The Morgan fingerprint density at radius 2 is 2.07 bits per heavy atom. The maximum Gasteiger partial charge on any atom is 0.361 e. The Hall–Kier alpha value is -3.38. The van der Waals surface area contributed by atoms with Gasteiger partial charge in [-0.15, -0.1) is 0 Å². The lowest BCUT2D eigenvalue weighted by atomic mass is 10.2. The molecule has 0 radical (unpaired) electrons. The quantitative estimate of drug-likeness (QED) is 0.492. The highest BCUT2D eigenvalue weighted by Crippen LogP contribution is 2.20. The summed E-state index contributed by atoms with van der Waals surface area (Å²) in [6, 6.07) is 7.61. The fraction of sp³-hybridized carbons (Fsp3) is 0.278. The maximum absolute atomic E-state index is 12.5. The number of benzene rings is 1. The number of esters is 1. The average Bonchev–Trinajstić information content (AvgIpc) is 3.00. The van der Waals surface area contributed by atoms with Gasteiger partial charge in [-0.3, -0.25) is 0 Å². The molecule has 4 N–H and O–H groups in total. The number of hydrogen-bond donors (Lipinski definition) is 2. The number of nitriles is 1. The highest BCUT2D eigenvalue weighted by atomic mass is 35.5. The summed E-state index contributed by atoms with van der Waals surface area (Å²) in [7, 11) is 0. The summed E-state index contributed by atoms with van der Waals surface area (Å²) in [5.41, 5.74) is 13.5. The molecule has 0 fully saturated rings. The second kappa shape index (κ2) is 7.70. The molecule has 0 amide bonds. The van der Waals surface area contributed by atoms with Crippen molar-refractivity contribution >= 4 is 40.2 Å². The van der Waals surface area contributed by atoms with Gasteiger partial charge in [0.1, 0.15) is 0 Å². The van der Waals surface area contributed by atoms with Crippen LogP contribution in [0.15, 0.2) is 18.2 Å². The molecule has 28 heavy (non-hydrogen) atoms. The molecular formula is C18H19ClN7O2+. The number of aryl methyl sites for hydroxylation is 2. The molecule has 0 saturated carbocycles. The normalized spacial score (nSPS) is 10.8. The topological polar surface area (TPSA) is 137 Å². The Morgan fingerprint density at radius 3 is 2.71 bits per heavy atom. The fourth-order valence-electron chi connectivity index (χ4n) is 3.11. The third kappa shape index (κ3) is 3.30. The van der Waals surface area contributed by atoms with Gasteiger partial charge in [0.25, 0.3) is 5.82 Å². The molecule has 3 rings (SSSR count). The summed E-state index contributed by atoms with van der Waals surface area (Å²) in [5.74, 6) is -0.180. The standard InChI is InChI=1S/C18H18ClN7O2/c1-3-25-11-6-5-10(8-20)7-12(11)26(4-2)13(25)9-28-18(27)14-16(21)24-17(22)15(19)23-14/h5-7H,3-4,9H2,1-2H3,(H3-,21,22,24,27)/p+1. The van der Waals surface area contributed by atoms with Crippen LogP contribution < -0.4 is 16.0 Å². The molecule has 0 unspecified atom stereocenters. The zero-order valence-corrected chi connectivity index (χ0v) is 16.2. The number of imidazole rings is 1. The lowest BCUT2D eigenvalue weighted by molar-refractivity contribution is -0.678. The minimum atomic E-state index is -0.750. The van der Waals surface area contributed by atoms with Crippen molar-refractivity contribution in [2.24, 2.45) is 0 Å². The van der Waals surface area contributed by atoms with Crippen molar-refractivity contribution in [3.8, 4) is 6.07 Å². The van der Waals surface area contributed by atoms with E-state index in [1.807, 2.05) is 35.1 Å². The number of carbonyl (C=O) groups excluding carboxylic acids is 1. The Kier molecular flexibility index (Phi) is 5.33. The van der Waals surface area contributed by atoms with Crippen LogP contribution in [-0.4, -0.2) is 20.5 Å². The monoisotopic (exact) mass is 400 g/mol. The van der Waals surface area contributed by atoms with E-state index in [2.05, 4.69) is 16.0 Å². The van der Waals surface area contributed by atoms with Crippen LogP contribution in [0, 0.1) is 11.3 Å². The predicted molar refractivity (Wildman–Crippen MR) is 103 cm³/mol. The van der Waals surface area contributed by atoms with Crippen LogP contribution in [0.2, 0.25) is 5.15 Å². The summed E-state index contributed by atoms with van der Waals surface area (Å²) in [6.07, 6.45) is 0. The molecular weight excluding hydrogens is 382 g/mol. The number of anilines is 2. The van der Waals surface area contributed by atoms with Gasteiger partial charge >= 0.3 is 5.97 Å². The van der Waals surface area contributed by atoms with Crippen LogP contribution in [0.4, 0.5) is 11.6 Å². The third-order valence-electron chi connectivity index (χ3n) is 4.37. The van der Waals surface area contributed by atoms with Crippen molar-refractivity contribution in [3.05, 3.63) is 40.4 Å². The second-order valence-electron chi connectivity index (χ2n) is 5.93. The minimum Gasteiger partial charge on any atom is -0.448 e. The maximum atomic E-state index is 12.5. The van der Waals surface area contributed by atoms with Crippen LogP contribution in [0.3, 0.4) is 0 Å². The number of rotatable bonds is 5. The van der Waals surface area contributed by atoms with Crippen molar-refractivity contribution in [1.29, 1.82) is 5.26 Å². The van der Waals surface area contributed by atoms with Crippen LogP contribution in [0.25, 0.3) is 11.0 Å². The number of carbonyl (C=O) groups is 1. The van der Waals surface area contributed by atoms with Gasteiger partial charge in [-0.1, -0.05) is 11.6 Å². The zero-order valence-electron chi connectivity index (χ0n) is 15.4. The van der Waals surface area contributed by atoms with E-state index in [1.54, 1.807) is 6.07 Å². The molecule has 144 valence electrons. The lowest BCUT2D eigenvalue weighted by Crippen LogP contribution is -2.37. The van der Waals surface area contributed by atoms with Gasteiger partial charge in [0.05, 0.1) is 24.7 Å². The van der Waals surface area contributed by atoms with Crippen molar-refractivity contribution in [2.75, 3.05) is 11.5 Å². The number of nitrogens with zero attached hydrogens (tertiary/aromatic N) is 5. The number of hydrogen-bond acceptors (Lipinski definition) is 7. The summed E-state index contributed by atoms with van der Waals surface area (Å²) in [4.78, 5) is 20.1. The number of aromatic nitrogens is 4. The molecule has 1 aromatic carbocycles. The first-order valence-corrected chi connectivity index (χ1v) is 8.99. The summed E-state index contributed by atoms with van der Waals surface area (Å²) in [6.45, 7) is 5.26. The van der Waals surface area contributed by atoms with E-state index < -0.39 is 5.97 Å². The van der Waals surface area contributed by atoms with Crippen LogP contribution in [0.1, 0.15) is 35.7 Å². The molecule has 2 aromatic heterocycles. The highest BCUT2D eigenvalue weighted by Gasteiger charge is 2.26.